The van der Waals surface area contributed by atoms with Crippen LogP contribution in [-0.4, -0.2) is 16.1 Å². The molecule has 0 radical (unpaired) electrons. The molecule has 1 aromatic carbocycles. The van der Waals surface area contributed by atoms with Crippen LogP contribution in [0, 0.1) is 16.0 Å². The first-order chi connectivity index (χ1) is 10.1. The molecule has 21 heavy (non-hydrogen) atoms. The Hall–Kier alpha value is -1.89. The van der Waals surface area contributed by atoms with Crippen LogP contribution >= 0.6 is 12.2 Å². The molecule has 1 aliphatic carbocycles. The minimum Gasteiger partial charge on any atom is -0.358 e. The molecular formula is C14H20N4O2S. The molecule has 1 fully saturated rings. The molecule has 114 valence electrons. The fraction of sp³-hybridized carbons (Fsp3) is 0.500. The highest BCUT2D eigenvalue weighted by atomic mass is 32.1. The lowest BCUT2D eigenvalue weighted by atomic mass is 9.86. The molecule has 1 saturated carbocycles. The zero-order valence-corrected chi connectivity index (χ0v) is 12.8. The number of nitrogens with one attached hydrogen (secondary N) is 3. The minimum atomic E-state index is -0.425. The Morgan fingerprint density at radius 2 is 2.14 bits per heavy atom. The Kier molecular flexibility index (Phi) is 5.32. The van der Waals surface area contributed by atoms with Gasteiger partial charge in [0.1, 0.15) is 0 Å². The van der Waals surface area contributed by atoms with Crippen molar-refractivity contribution in [3.05, 3.63) is 34.4 Å². The van der Waals surface area contributed by atoms with Crippen molar-refractivity contribution in [3.8, 4) is 0 Å². The average molecular weight is 308 g/mol. The summed E-state index contributed by atoms with van der Waals surface area (Å²) in [6.45, 7) is 2.23. The van der Waals surface area contributed by atoms with Crippen LogP contribution in [0.25, 0.3) is 0 Å². The van der Waals surface area contributed by atoms with Crippen LogP contribution in [0.3, 0.4) is 0 Å². The second kappa shape index (κ2) is 7.21. The molecule has 0 saturated heterocycles. The summed E-state index contributed by atoms with van der Waals surface area (Å²) in [7, 11) is 0. The van der Waals surface area contributed by atoms with Gasteiger partial charge in [0.2, 0.25) is 0 Å². The highest BCUT2D eigenvalue weighted by molar-refractivity contribution is 7.80. The SMILES string of the molecule is C[C@H]1CCCC[C@@H]1NC(=S)NNc1cccc([N+](=O)[O-])c1. The molecule has 0 unspecified atom stereocenters. The first-order valence-corrected chi connectivity index (χ1v) is 7.54. The average Bonchev–Trinajstić information content (AvgIpc) is 2.48. The number of nitro groups is 1. The lowest BCUT2D eigenvalue weighted by Gasteiger charge is -2.30. The van der Waals surface area contributed by atoms with Crippen molar-refractivity contribution in [1.82, 2.24) is 10.7 Å². The van der Waals surface area contributed by atoms with Gasteiger partial charge in [-0.25, -0.2) is 0 Å². The summed E-state index contributed by atoms with van der Waals surface area (Å²) < 4.78 is 0. The number of non-ortho nitro benzene ring substituents is 1. The molecule has 6 nitrogen and oxygen atoms in total. The van der Waals surface area contributed by atoms with Crippen molar-refractivity contribution in [2.75, 3.05) is 5.43 Å². The van der Waals surface area contributed by atoms with E-state index in [2.05, 4.69) is 23.1 Å². The molecule has 1 aliphatic rings. The van der Waals surface area contributed by atoms with Gasteiger partial charge in [0.05, 0.1) is 10.6 Å². The Labute approximate surface area is 129 Å². The van der Waals surface area contributed by atoms with E-state index in [4.69, 9.17) is 12.2 Å². The highest BCUT2D eigenvalue weighted by Crippen LogP contribution is 2.23. The standard InChI is InChI=1S/C14H20N4O2S/c1-10-5-2-3-8-13(10)15-14(21)17-16-11-6-4-7-12(9-11)18(19)20/h4,6-7,9-10,13,16H,2-3,5,8H2,1H3,(H2,15,17,21)/t10-,13-/m0/s1. The Bertz CT molecular complexity index is 523. The molecule has 2 rings (SSSR count). The molecule has 0 aliphatic heterocycles. The molecule has 2 atom stereocenters. The van der Waals surface area contributed by atoms with Crippen molar-refractivity contribution in [2.45, 2.75) is 38.6 Å². The van der Waals surface area contributed by atoms with Gasteiger partial charge in [-0.05, 0) is 37.0 Å². The van der Waals surface area contributed by atoms with Gasteiger partial charge in [0.25, 0.3) is 5.69 Å². The maximum Gasteiger partial charge on any atom is 0.271 e. The molecule has 0 aromatic heterocycles. The maximum absolute atomic E-state index is 10.7. The van der Waals surface area contributed by atoms with E-state index in [0.29, 0.717) is 22.8 Å². The number of hydrogen-bond acceptors (Lipinski definition) is 4. The third kappa shape index (κ3) is 4.56. The first-order valence-electron chi connectivity index (χ1n) is 7.13. The smallest absolute Gasteiger partial charge is 0.271 e. The fourth-order valence-electron chi connectivity index (χ4n) is 2.56. The zero-order chi connectivity index (χ0) is 15.2. The van der Waals surface area contributed by atoms with E-state index in [0.717, 1.165) is 6.42 Å². The normalized spacial score (nSPS) is 21.4. The van der Waals surface area contributed by atoms with E-state index >= 15 is 0 Å². The van der Waals surface area contributed by atoms with Crippen molar-refractivity contribution >= 4 is 28.7 Å². The molecule has 7 heteroatoms. The summed E-state index contributed by atoms with van der Waals surface area (Å²) >= 11 is 5.25. The number of hydrazine groups is 1. The van der Waals surface area contributed by atoms with E-state index in [-0.39, 0.29) is 5.69 Å². The molecule has 3 N–H and O–H groups in total. The molecule has 0 bridgehead atoms. The number of benzene rings is 1. The summed E-state index contributed by atoms with van der Waals surface area (Å²) in [6, 6.07) is 6.67. The van der Waals surface area contributed by atoms with E-state index in [1.807, 2.05) is 0 Å². The summed E-state index contributed by atoms with van der Waals surface area (Å²) in [5, 5.41) is 14.5. The summed E-state index contributed by atoms with van der Waals surface area (Å²) in [6.07, 6.45) is 4.85. The van der Waals surface area contributed by atoms with E-state index in [1.54, 1.807) is 12.1 Å². The highest BCUT2D eigenvalue weighted by Gasteiger charge is 2.21. The Morgan fingerprint density at radius 1 is 1.38 bits per heavy atom. The fourth-order valence-corrected chi connectivity index (χ4v) is 2.76. The second-order valence-electron chi connectivity index (χ2n) is 5.40. The van der Waals surface area contributed by atoms with E-state index in [1.165, 1.54) is 31.4 Å². The first kappa shape index (κ1) is 15.5. The largest absolute Gasteiger partial charge is 0.358 e. The molecule has 0 amide bonds. The Morgan fingerprint density at radius 3 is 2.86 bits per heavy atom. The number of nitrogens with zero attached hydrogens (tertiary/aromatic N) is 1. The number of anilines is 1. The van der Waals surface area contributed by atoms with Crippen molar-refractivity contribution in [3.63, 3.8) is 0 Å². The monoisotopic (exact) mass is 308 g/mol. The van der Waals surface area contributed by atoms with Crippen LogP contribution in [0.15, 0.2) is 24.3 Å². The second-order valence-corrected chi connectivity index (χ2v) is 5.81. The lowest BCUT2D eigenvalue weighted by molar-refractivity contribution is -0.384. The van der Waals surface area contributed by atoms with Crippen LogP contribution in [-0.2, 0) is 0 Å². The molecular weight excluding hydrogens is 288 g/mol. The van der Waals surface area contributed by atoms with Crippen molar-refractivity contribution < 1.29 is 4.92 Å². The summed E-state index contributed by atoms with van der Waals surface area (Å²) in [4.78, 5) is 10.3. The summed E-state index contributed by atoms with van der Waals surface area (Å²) in [5.74, 6) is 0.608. The van der Waals surface area contributed by atoms with Crippen LogP contribution in [0.4, 0.5) is 11.4 Å². The van der Waals surface area contributed by atoms with Crippen LogP contribution in [0.2, 0.25) is 0 Å². The third-order valence-corrected chi connectivity index (χ3v) is 4.03. The van der Waals surface area contributed by atoms with Crippen LogP contribution < -0.4 is 16.2 Å². The minimum absolute atomic E-state index is 0.0431. The van der Waals surface area contributed by atoms with Crippen molar-refractivity contribution in [1.29, 1.82) is 0 Å². The molecule has 0 heterocycles. The summed E-state index contributed by atoms with van der Waals surface area (Å²) in [5.41, 5.74) is 6.41. The molecule has 1 aromatic rings. The number of rotatable bonds is 4. The van der Waals surface area contributed by atoms with E-state index in [9.17, 15) is 10.1 Å². The van der Waals surface area contributed by atoms with E-state index < -0.39 is 4.92 Å². The topological polar surface area (TPSA) is 79.2 Å². The van der Waals surface area contributed by atoms with Crippen molar-refractivity contribution in [2.24, 2.45) is 5.92 Å². The predicted molar refractivity (Wildman–Crippen MR) is 87.0 cm³/mol. The van der Waals surface area contributed by atoms with Gasteiger partial charge < -0.3 is 5.32 Å². The number of thiocarbonyl (C=S) groups is 1. The van der Waals surface area contributed by atoms with Crippen LogP contribution in [0.5, 0.6) is 0 Å². The quantitative estimate of drug-likeness (QED) is 0.451. The van der Waals surface area contributed by atoms with Gasteiger partial charge in [0.15, 0.2) is 5.11 Å². The number of nitro benzene ring substituents is 1. The van der Waals surface area contributed by atoms with Crippen LogP contribution in [0.1, 0.15) is 32.6 Å². The van der Waals surface area contributed by atoms with Gasteiger partial charge in [0, 0.05) is 18.2 Å². The molecule has 0 spiro atoms. The van der Waals surface area contributed by atoms with Gasteiger partial charge in [-0.3, -0.25) is 21.0 Å². The number of hydrogen-bond donors (Lipinski definition) is 3. The van der Waals surface area contributed by atoms with Gasteiger partial charge in [-0.1, -0.05) is 25.8 Å². The zero-order valence-electron chi connectivity index (χ0n) is 12.0. The maximum atomic E-state index is 10.7. The predicted octanol–water partition coefficient (Wildman–Crippen LogP) is 2.96. The van der Waals surface area contributed by atoms with Gasteiger partial charge >= 0.3 is 0 Å². The third-order valence-electron chi connectivity index (χ3n) is 3.81. The Balaban J connectivity index is 1.83. The van der Waals surface area contributed by atoms with Gasteiger partial charge in [-0.15, -0.1) is 0 Å². The van der Waals surface area contributed by atoms with Gasteiger partial charge in [-0.2, -0.15) is 0 Å². The lowest BCUT2D eigenvalue weighted by Crippen LogP contribution is -2.47.